The zero-order valence-electron chi connectivity index (χ0n) is 53.0. The molecule has 0 aromatic heterocycles. The number of ketones is 2. The molecule has 3 heterocycles. The van der Waals surface area contributed by atoms with E-state index < -0.39 is 86.8 Å². The number of allylic oxidation sites excluding steroid dienone is 6. The number of hydrogen-bond donors (Lipinski definition) is 10. The lowest BCUT2D eigenvalue weighted by Gasteiger charge is -2.65. The molecule has 93 heavy (non-hydrogen) atoms. The normalized spacial score (nSPS) is 45.0. The van der Waals surface area contributed by atoms with E-state index in [0.717, 1.165) is 113 Å². The van der Waals surface area contributed by atoms with Crippen molar-refractivity contribution in [1.29, 1.82) is 0 Å². The minimum atomic E-state index is -2.38. The van der Waals surface area contributed by atoms with Crippen molar-refractivity contribution in [3.63, 3.8) is 0 Å². The van der Waals surface area contributed by atoms with E-state index in [-0.39, 0.29) is 82.0 Å². The molecule has 0 radical (unpaired) electrons. The summed E-state index contributed by atoms with van der Waals surface area (Å²) in [5, 5.41) is 106. The third-order valence-electron chi connectivity index (χ3n) is 27.9. The number of ether oxygens (including phenoxy) is 2. The summed E-state index contributed by atoms with van der Waals surface area (Å²) in [5.74, 6) is -2.27. The van der Waals surface area contributed by atoms with Gasteiger partial charge in [0.15, 0.2) is 11.6 Å². The molecule has 21 unspecified atom stereocenters. The molecule has 0 amide bonds. The van der Waals surface area contributed by atoms with Gasteiger partial charge in [-0.25, -0.2) is 0 Å². The topological polar surface area (TPSA) is 256 Å². The standard InChI is InChI=1S/C76H90N2O13S2/c79-35-45-8-3-6-42(21-45)22-46-24-57-62(84)54-11-5-12-58-61(54)64(85)75(57,59(83)25-46)66(47-13-14-50-9-1-2-16-72(50,88)30-47)93-92-41-78-60-28-56-55(34-77-60)48-26-49-31-73(40-81)68(87)76(89,65(86)67(90-58)91-73)63(49)74(56)39-71(33-51(74)27-48)38-70(32-52(71)36-80)19-18-69(37-70)17-15-44(29-69)20-43-7-4-10-53(82)23-43/h3-8,10-12,21,23-25,28,36,44,47-52,57,63,65-68,77-79,81-83,86-89H,1-2,9,13-20,22,26-27,29-35,37-41H2. The first-order chi connectivity index (χ1) is 44.8. The molecule has 8 saturated carbocycles. The molecule has 3 aromatic carbocycles. The van der Waals surface area contributed by atoms with Crippen LogP contribution < -0.4 is 15.4 Å². The van der Waals surface area contributed by atoms with Crippen molar-refractivity contribution < 1.29 is 64.7 Å². The highest BCUT2D eigenvalue weighted by Crippen LogP contribution is 2.80. The Morgan fingerprint density at radius 1 is 0.763 bits per heavy atom. The van der Waals surface area contributed by atoms with Gasteiger partial charge in [-0.3, -0.25) is 9.59 Å². The van der Waals surface area contributed by atoms with E-state index in [2.05, 4.69) is 22.8 Å². The quantitative estimate of drug-likeness (QED) is 0.0743. The maximum Gasteiger partial charge on any atom is 0.229 e. The molecule has 17 heteroatoms. The fourth-order valence-electron chi connectivity index (χ4n) is 24.6. The summed E-state index contributed by atoms with van der Waals surface area (Å²) in [4.78, 5) is 47.1. The number of dihydropyridines is 1. The zero-order valence-corrected chi connectivity index (χ0v) is 54.6. The van der Waals surface area contributed by atoms with Gasteiger partial charge < -0.3 is 65.8 Å². The summed E-state index contributed by atoms with van der Waals surface area (Å²) >= 11 is 0. The highest BCUT2D eigenvalue weighted by Gasteiger charge is 2.80. The molecule has 12 aliphatic carbocycles. The summed E-state index contributed by atoms with van der Waals surface area (Å²) in [5.41, 5.74) is -2.64. The lowest BCUT2D eigenvalue weighted by molar-refractivity contribution is -0.392. The SMILES string of the molecule is O=CC1CC2(CCC3(CCC(Cc4cccc(O)c4)C3)C2)CC12CC1CC3CC4CC5(CO)OC6Oc7cccc8c7C(=O)C7(C(O)=CC(Cc9cccc(CO)c9)=CC7C8=O)C(C7CCC8CCCCC8(O)C7)SSCNC7=CC(=C3CN7)C1(C2)C4C(O)(C6O)C5O. The van der Waals surface area contributed by atoms with Crippen LogP contribution in [0.5, 0.6) is 11.5 Å². The van der Waals surface area contributed by atoms with Gasteiger partial charge >= 0.3 is 0 Å². The van der Waals surface area contributed by atoms with Crippen molar-refractivity contribution in [2.75, 3.05) is 19.0 Å². The van der Waals surface area contributed by atoms with Crippen LogP contribution in [0.1, 0.15) is 166 Å². The van der Waals surface area contributed by atoms with Gasteiger partial charge in [-0.1, -0.05) is 89.0 Å². The number of aliphatic hydroxyl groups excluding tert-OH is 5. The number of aromatic hydroxyl groups is 1. The van der Waals surface area contributed by atoms with Crippen molar-refractivity contribution in [2.45, 2.75) is 188 Å². The summed E-state index contributed by atoms with van der Waals surface area (Å²) in [6.45, 7) is -0.363. The molecule has 21 atom stereocenters. The Hall–Kier alpha value is -4.95. The van der Waals surface area contributed by atoms with E-state index in [1.807, 2.05) is 42.5 Å². The molecule has 5 spiro atoms. The van der Waals surface area contributed by atoms with E-state index >= 15 is 9.59 Å². The lowest BCUT2D eigenvalue weighted by Crippen LogP contribution is -2.81. The summed E-state index contributed by atoms with van der Waals surface area (Å²) < 4.78 is 13.9. The van der Waals surface area contributed by atoms with Gasteiger partial charge in [-0.2, -0.15) is 0 Å². The number of aliphatic hydroxyl groups is 7. The minimum Gasteiger partial charge on any atom is -0.511 e. The van der Waals surface area contributed by atoms with Crippen molar-refractivity contribution >= 4 is 39.4 Å². The van der Waals surface area contributed by atoms with Gasteiger partial charge in [-0.15, -0.1) is 0 Å². The highest BCUT2D eigenvalue weighted by atomic mass is 33.1. The molecule has 15 aliphatic rings. The van der Waals surface area contributed by atoms with Gasteiger partial charge in [0.05, 0.1) is 42.0 Å². The summed E-state index contributed by atoms with van der Waals surface area (Å²) in [6, 6.07) is 20.0. The Labute approximate surface area is 552 Å². The predicted molar refractivity (Wildman–Crippen MR) is 351 cm³/mol. The second-order valence-corrected chi connectivity index (χ2v) is 35.0. The molecule has 9 fully saturated rings. The summed E-state index contributed by atoms with van der Waals surface area (Å²) in [7, 11) is 3.00. The minimum absolute atomic E-state index is 0.0407. The molecule has 18 rings (SSSR count). The molecule has 3 aromatic rings. The third-order valence-corrected chi connectivity index (χ3v) is 30.6. The Kier molecular flexibility index (Phi) is 14.6. The van der Waals surface area contributed by atoms with Crippen molar-refractivity contribution in [2.24, 2.45) is 80.3 Å². The first kappa shape index (κ1) is 61.6. The number of Topliss-reactive ketones (excluding diaryl/α,β-unsaturated/α-hetero) is 2. The Morgan fingerprint density at radius 3 is 2.43 bits per heavy atom. The average Bonchev–Trinajstić information content (AvgIpc) is 1.40. The second-order valence-electron chi connectivity index (χ2n) is 32.5. The number of carbonyl (C=O) groups excluding carboxylic acids is 3. The number of fused-ring (bicyclic) bond motifs is 3. The van der Waals surface area contributed by atoms with Crippen LogP contribution in [0, 0.1) is 80.3 Å². The van der Waals surface area contributed by atoms with Crippen LogP contribution in [0.4, 0.5) is 0 Å². The first-order valence-electron chi connectivity index (χ1n) is 35.1. The van der Waals surface area contributed by atoms with Crippen molar-refractivity contribution in [3.05, 3.63) is 141 Å². The molecular weight excluding hydrogens is 1210 g/mol. The monoisotopic (exact) mass is 1300 g/mol. The Balaban J connectivity index is 0.785. The average molecular weight is 1300 g/mol. The largest absolute Gasteiger partial charge is 0.511 e. The number of nitrogens with one attached hydrogen (secondary N) is 2. The molecule has 3 aliphatic heterocycles. The van der Waals surface area contributed by atoms with Gasteiger partial charge in [0.1, 0.15) is 52.4 Å². The van der Waals surface area contributed by atoms with E-state index in [1.165, 1.54) is 39.0 Å². The van der Waals surface area contributed by atoms with Crippen LogP contribution >= 0.6 is 21.6 Å². The molecule has 1 saturated heterocycles. The number of phenols is 1. The second kappa shape index (κ2) is 22.0. The van der Waals surface area contributed by atoms with Gasteiger partial charge in [-0.05, 0) is 244 Å². The number of hydrogen-bond acceptors (Lipinski definition) is 17. The molecular formula is C76H90N2O13S2. The smallest absolute Gasteiger partial charge is 0.229 e. The first-order valence-corrected chi connectivity index (χ1v) is 37.4. The number of benzene rings is 3. The van der Waals surface area contributed by atoms with Crippen LogP contribution in [0.25, 0.3) is 0 Å². The van der Waals surface area contributed by atoms with Crippen LogP contribution in [0.3, 0.4) is 0 Å². The van der Waals surface area contributed by atoms with E-state index in [9.17, 15) is 45.6 Å². The maximum absolute atomic E-state index is 16.9. The van der Waals surface area contributed by atoms with E-state index in [1.54, 1.807) is 30.3 Å². The van der Waals surface area contributed by atoms with Crippen molar-refractivity contribution in [1.82, 2.24) is 10.6 Å². The van der Waals surface area contributed by atoms with Crippen LogP contribution in [0.15, 0.2) is 113 Å². The van der Waals surface area contributed by atoms with Gasteiger partial charge in [0, 0.05) is 34.6 Å². The molecule has 15 nitrogen and oxygen atoms in total. The number of phenolic OH excluding ortho intramolecular Hbond substituents is 1. The molecule has 494 valence electrons. The molecule has 10 bridgehead atoms. The van der Waals surface area contributed by atoms with Crippen molar-refractivity contribution in [3.8, 4) is 11.5 Å². The zero-order chi connectivity index (χ0) is 63.8. The van der Waals surface area contributed by atoms with Crippen LogP contribution in [0.2, 0.25) is 0 Å². The predicted octanol–water partition coefficient (Wildman–Crippen LogP) is 10.4. The number of rotatable bonds is 8. The molecule has 10 N–H and O–H groups in total. The Morgan fingerprint density at radius 2 is 1.59 bits per heavy atom. The maximum atomic E-state index is 16.9. The lowest BCUT2D eigenvalue weighted by atomic mass is 9.46. The van der Waals surface area contributed by atoms with E-state index in [0.29, 0.717) is 73.8 Å². The highest BCUT2D eigenvalue weighted by molar-refractivity contribution is 8.77. The van der Waals surface area contributed by atoms with E-state index in [4.69, 9.17) is 9.47 Å². The van der Waals surface area contributed by atoms with Crippen LogP contribution in [-0.2, 0) is 29.0 Å². The fraction of sp³-hybridized carbons (Fsp3) is 0.618. The third kappa shape index (κ3) is 9.03. The van der Waals surface area contributed by atoms with Crippen LogP contribution in [-0.4, -0.2) is 118 Å². The van der Waals surface area contributed by atoms with Gasteiger partial charge in [0.25, 0.3) is 0 Å². The fourth-order valence-corrected chi connectivity index (χ4v) is 27.7. The summed E-state index contributed by atoms with van der Waals surface area (Å²) in [6.07, 6.45) is 19.1. The number of carbonyl (C=O) groups is 3. The Bertz CT molecular complexity index is 3740. The van der Waals surface area contributed by atoms with Gasteiger partial charge in [0.2, 0.25) is 6.29 Å². The number of aldehydes is 1.